The Hall–Kier alpha value is -0.570. The van der Waals surface area contributed by atoms with Gasteiger partial charge in [0.2, 0.25) is 0 Å². The van der Waals surface area contributed by atoms with Crippen molar-refractivity contribution in [1.82, 2.24) is 0 Å². The molecule has 0 amide bonds. The fourth-order valence-electron chi connectivity index (χ4n) is 0.488. The summed E-state index contributed by atoms with van der Waals surface area (Å²) in [4.78, 5) is 10.6. The first-order valence-electron chi connectivity index (χ1n) is 2.46. The largest absolute Gasteiger partial charge is 0.427 e. The summed E-state index contributed by atoms with van der Waals surface area (Å²) in [5.41, 5.74) is -0.324. The van der Waals surface area contributed by atoms with Crippen molar-refractivity contribution in [2.75, 3.05) is 0 Å². The van der Waals surface area contributed by atoms with Gasteiger partial charge in [0.15, 0.2) is 0 Å². The Morgan fingerprint density at radius 3 is 2.67 bits per heavy atom. The highest BCUT2D eigenvalue weighted by Gasteiger charge is 1.93. The molecule has 0 saturated carbocycles. The van der Waals surface area contributed by atoms with Crippen LogP contribution in [0.2, 0.25) is 0 Å². The SMILES string of the molecule is Cc1ccc(Br)c(=O)o1. The molecule has 0 aliphatic carbocycles. The van der Waals surface area contributed by atoms with Crippen molar-refractivity contribution in [3.05, 3.63) is 32.8 Å². The Labute approximate surface area is 60.6 Å². The summed E-state index contributed by atoms with van der Waals surface area (Å²) in [6.07, 6.45) is 0. The van der Waals surface area contributed by atoms with Gasteiger partial charge >= 0.3 is 5.63 Å². The van der Waals surface area contributed by atoms with Crippen molar-refractivity contribution in [3.63, 3.8) is 0 Å². The highest BCUT2D eigenvalue weighted by Crippen LogP contribution is 2.02. The van der Waals surface area contributed by atoms with E-state index in [0.29, 0.717) is 10.2 Å². The normalized spacial score (nSPS) is 9.56. The molecule has 1 aromatic heterocycles. The van der Waals surface area contributed by atoms with E-state index in [9.17, 15) is 4.79 Å². The van der Waals surface area contributed by atoms with Crippen LogP contribution >= 0.6 is 15.9 Å². The van der Waals surface area contributed by atoms with E-state index in [1.165, 1.54) is 0 Å². The molecule has 9 heavy (non-hydrogen) atoms. The van der Waals surface area contributed by atoms with Crippen molar-refractivity contribution >= 4 is 15.9 Å². The number of hydrogen-bond donors (Lipinski definition) is 0. The molecule has 1 heterocycles. The summed E-state index contributed by atoms with van der Waals surface area (Å²) >= 11 is 3.02. The molecule has 0 radical (unpaired) electrons. The van der Waals surface area contributed by atoms with Gasteiger partial charge in [-0.1, -0.05) is 0 Å². The number of aryl methyl sites for hydroxylation is 1. The minimum Gasteiger partial charge on any atom is -0.427 e. The van der Waals surface area contributed by atoms with Gasteiger partial charge in [0.1, 0.15) is 10.2 Å². The second kappa shape index (κ2) is 2.35. The molecule has 2 nitrogen and oxygen atoms in total. The Kier molecular flexibility index (Phi) is 1.71. The molecule has 0 aliphatic heterocycles. The first-order valence-corrected chi connectivity index (χ1v) is 3.26. The molecular formula is C6H5BrO2. The lowest BCUT2D eigenvalue weighted by Gasteiger charge is -1.88. The lowest BCUT2D eigenvalue weighted by Crippen LogP contribution is -1.98. The second-order valence-corrected chi connectivity index (χ2v) is 2.54. The maximum atomic E-state index is 10.6. The van der Waals surface area contributed by atoms with Crippen molar-refractivity contribution < 1.29 is 4.42 Å². The van der Waals surface area contributed by atoms with Crippen LogP contribution < -0.4 is 5.63 Å². The molecule has 0 fully saturated rings. The molecular weight excluding hydrogens is 184 g/mol. The number of halogens is 1. The standard InChI is InChI=1S/C6H5BrO2/c1-4-2-3-5(7)6(8)9-4/h2-3H,1H3. The molecule has 0 unspecified atom stereocenters. The van der Waals surface area contributed by atoms with E-state index in [1.807, 2.05) is 0 Å². The van der Waals surface area contributed by atoms with E-state index in [-0.39, 0.29) is 5.63 Å². The van der Waals surface area contributed by atoms with Gasteiger partial charge in [0.25, 0.3) is 0 Å². The second-order valence-electron chi connectivity index (χ2n) is 1.68. The third kappa shape index (κ3) is 1.42. The van der Waals surface area contributed by atoms with E-state index in [1.54, 1.807) is 19.1 Å². The predicted molar refractivity (Wildman–Crippen MR) is 37.4 cm³/mol. The van der Waals surface area contributed by atoms with Crippen LogP contribution in [0.4, 0.5) is 0 Å². The van der Waals surface area contributed by atoms with Crippen molar-refractivity contribution in [2.24, 2.45) is 0 Å². The van der Waals surface area contributed by atoms with Gasteiger partial charge in [0, 0.05) is 0 Å². The first-order chi connectivity index (χ1) is 4.20. The predicted octanol–water partition coefficient (Wildman–Crippen LogP) is 1.71. The molecule has 1 rings (SSSR count). The molecule has 0 aromatic carbocycles. The molecule has 0 bridgehead atoms. The summed E-state index contributed by atoms with van der Waals surface area (Å²) in [7, 11) is 0. The molecule has 1 aromatic rings. The average Bonchev–Trinajstić information content (AvgIpc) is 1.80. The van der Waals surface area contributed by atoms with Crippen LogP contribution in [0.1, 0.15) is 5.76 Å². The van der Waals surface area contributed by atoms with Gasteiger partial charge in [-0.3, -0.25) is 0 Å². The van der Waals surface area contributed by atoms with Crippen LogP contribution in [0.3, 0.4) is 0 Å². The maximum Gasteiger partial charge on any atom is 0.350 e. The third-order valence-corrected chi connectivity index (χ3v) is 1.50. The zero-order chi connectivity index (χ0) is 6.85. The van der Waals surface area contributed by atoms with Gasteiger partial charge in [-0.05, 0) is 35.0 Å². The topological polar surface area (TPSA) is 30.2 Å². The van der Waals surface area contributed by atoms with Crippen LogP contribution in [0.15, 0.2) is 25.8 Å². The van der Waals surface area contributed by atoms with E-state index < -0.39 is 0 Å². The van der Waals surface area contributed by atoms with Gasteiger partial charge in [-0.25, -0.2) is 4.79 Å². The summed E-state index contributed by atoms with van der Waals surface area (Å²) in [5, 5.41) is 0. The molecule has 0 spiro atoms. The van der Waals surface area contributed by atoms with Gasteiger partial charge in [-0.15, -0.1) is 0 Å². The molecule has 48 valence electrons. The Balaban J connectivity index is 3.34. The Bertz CT molecular complexity index is 264. The van der Waals surface area contributed by atoms with Crippen LogP contribution in [0, 0.1) is 6.92 Å². The lowest BCUT2D eigenvalue weighted by molar-refractivity contribution is 0.476. The van der Waals surface area contributed by atoms with Crippen molar-refractivity contribution in [2.45, 2.75) is 6.92 Å². The number of hydrogen-bond acceptors (Lipinski definition) is 2. The van der Waals surface area contributed by atoms with E-state index >= 15 is 0 Å². The smallest absolute Gasteiger partial charge is 0.350 e. The summed E-state index contributed by atoms with van der Waals surface area (Å²) < 4.78 is 5.17. The van der Waals surface area contributed by atoms with Crippen LogP contribution in [-0.2, 0) is 0 Å². The van der Waals surface area contributed by atoms with Crippen LogP contribution in [-0.4, -0.2) is 0 Å². The first kappa shape index (κ1) is 6.55. The zero-order valence-electron chi connectivity index (χ0n) is 4.85. The summed E-state index contributed by atoms with van der Waals surface area (Å²) in [6.45, 7) is 1.73. The summed E-state index contributed by atoms with van der Waals surface area (Å²) in [5.74, 6) is 0.628. The minimum absolute atomic E-state index is 0.324. The third-order valence-electron chi connectivity index (χ3n) is 0.913. The molecule has 0 saturated heterocycles. The molecule has 0 N–H and O–H groups in total. The molecule has 3 heteroatoms. The zero-order valence-corrected chi connectivity index (χ0v) is 6.44. The maximum absolute atomic E-state index is 10.6. The quantitative estimate of drug-likeness (QED) is 0.621. The van der Waals surface area contributed by atoms with Gasteiger partial charge in [-0.2, -0.15) is 0 Å². The highest BCUT2D eigenvalue weighted by molar-refractivity contribution is 9.10. The lowest BCUT2D eigenvalue weighted by atomic mass is 10.4. The minimum atomic E-state index is -0.324. The van der Waals surface area contributed by atoms with Gasteiger partial charge in [0.05, 0.1) is 0 Å². The van der Waals surface area contributed by atoms with Crippen LogP contribution in [0.25, 0.3) is 0 Å². The van der Waals surface area contributed by atoms with E-state index in [4.69, 9.17) is 4.42 Å². The van der Waals surface area contributed by atoms with E-state index in [0.717, 1.165) is 0 Å². The highest BCUT2D eigenvalue weighted by atomic mass is 79.9. The van der Waals surface area contributed by atoms with Gasteiger partial charge < -0.3 is 4.42 Å². The van der Waals surface area contributed by atoms with Crippen LogP contribution in [0.5, 0.6) is 0 Å². The monoisotopic (exact) mass is 188 g/mol. The Morgan fingerprint density at radius 1 is 1.56 bits per heavy atom. The van der Waals surface area contributed by atoms with E-state index in [2.05, 4.69) is 15.9 Å². The summed E-state index contributed by atoms with van der Waals surface area (Å²) in [6, 6.07) is 3.40. The average molecular weight is 189 g/mol. The fourth-order valence-corrected chi connectivity index (χ4v) is 0.701. The number of rotatable bonds is 0. The molecule has 0 aliphatic rings. The van der Waals surface area contributed by atoms with Crippen molar-refractivity contribution in [1.29, 1.82) is 0 Å². The van der Waals surface area contributed by atoms with Crippen molar-refractivity contribution in [3.8, 4) is 0 Å². The Morgan fingerprint density at radius 2 is 2.22 bits per heavy atom. The molecule has 0 atom stereocenters. The fraction of sp³-hybridized carbons (Fsp3) is 0.167.